The summed E-state index contributed by atoms with van der Waals surface area (Å²) < 4.78 is 41.6. The lowest BCUT2D eigenvalue weighted by molar-refractivity contribution is 0.206. The molecule has 0 spiro atoms. The van der Waals surface area contributed by atoms with Crippen LogP contribution in [0.2, 0.25) is 0 Å². The van der Waals surface area contributed by atoms with Crippen LogP contribution in [0.4, 0.5) is 11.4 Å². The van der Waals surface area contributed by atoms with Gasteiger partial charge in [0.25, 0.3) is 0 Å². The highest BCUT2D eigenvalue weighted by molar-refractivity contribution is 7.09. The minimum Gasteiger partial charge on any atom is -0.355 e. The molecule has 1 N–H and O–H groups in total. The number of hydrogen-bond acceptors (Lipinski definition) is 5. The van der Waals surface area contributed by atoms with Gasteiger partial charge in [-0.2, -0.15) is 0 Å². The third kappa shape index (κ3) is 2.40. The summed E-state index contributed by atoms with van der Waals surface area (Å²) in [7, 11) is 2.07. The van der Waals surface area contributed by atoms with Gasteiger partial charge in [-0.25, -0.2) is 4.99 Å². The Labute approximate surface area is 141 Å². The fourth-order valence-electron chi connectivity index (χ4n) is 2.72. The second-order valence-corrected chi connectivity index (χ2v) is 6.77. The van der Waals surface area contributed by atoms with E-state index in [0.717, 1.165) is 31.1 Å². The number of nitrogens with one attached hydrogen (secondary N) is 1. The molecule has 0 aliphatic carbocycles. The Morgan fingerprint density at radius 3 is 2.82 bits per heavy atom. The van der Waals surface area contributed by atoms with E-state index in [1.807, 2.05) is 6.92 Å². The van der Waals surface area contributed by atoms with E-state index < -0.39 is 0 Å². The predicted molar refractivity (Wildman–Crippen MR) is 92.0 cm³/mol. The molecule has 2 aliphatic heterocycles. The first kappa shape index (κ1) is 9.33. The zero-order chi connectivity index (χ0) is 19.5. The SMILES string of the molecule is [2H]c1c([2H])c([2H])c2c(c1[2H])N=c1sc(C)c([2H])c1=C(N1CCN(C)CC1)N2. The minimum atomic E-state index is -0.298. The molecule has 0 radical (unpaired) electrons. The van der Waals surface area contributed by atoms with Crippen LogP contribution in [0.15, 0.2) is 35.2 Å². The molecule has 5 heteroatoms. The van der Waals surface area contributed by atoms with Crippen LogP contribution in [0, 0.1) is 6.92 Å². The van der Waals surface area contributed by atoms with Gasteiger partial charge >= 0.3 is 0 Å². The molecule has 4 rings (SSSR count). The van der Waals surface area contributed by atoms with Crippen molar-refractivity contribution < 1.29 is 6.85 Å². The van der Waals surface area contributed by atoms with E-state index in [1.54, 1.807) is 0 Å². The monoisotopic (exact) mass is 317 g/mol. The van der Waals surface area contributed by atoms with Crippen LogP contribution in [0.25, 0.3) is 5.82 Å². The first-order valence-corrected chi connectivity index (χ1v) is 8.11. The first-order chi connectivity index (χ1) is 12.8. The van der Waals surface area contributed by atoms with Gasteiger partial charge in [-0.1, -0.05) is 12.1 Å². The lowest BCUT2D eigenvalue weighted by Gasteiger charge is -2.35. The number of para-hydroxylation sites is 2. The van der Waals surface area contributed by atoms with Crippen LogP contribution in [-0.2, 0) is 0 Å². The summed E-state index contributed by atoms with van der Waals surface area (Å²) in [5.41, 5.74) is 0.475. The Bertz CT molecular complexity index is 1060. The second-order valence-electron chi connectivity index (χ2n) is 5.56. The Balaban J connectivity index is 2.01. The Morgan fingerprint density at radius 1 is 1.23 bits per heavy atom. The summed E-state index contributed by atoms with van der Waals surface area (Å²) in [5, 5.41) is 3.91. The lowest BCUT2D eigenvalue weighted by Crippen LogP contribution is -2.47. The highest BCUT2D eigenvalue weighted by Gasteiger charge is 2.20. The van der Waals surface area contributed by atoms with E-state index in [4.69, 9.17) is 6.85 Å². The maximum absolute atomic E-state index is 8.52. The molecule has 0 saturated carbocycles. The average molecular weight is 317 g/mol. The Morgan fingerprint density at radius 2 is 2.00 bits per heavy atom. The van der Waals surface area contributed by atoms with Crippen molar-refractivity contribution >= 4 is 28.5 Å². The molecular formula is C17H20N4S. The molecule has 2 aliphatic rings. The number of hydrogen-bond donors (Lipinski definition) is 1. The number of benzene rings is 1. The quantitative estimate of drug-likeness (QED) is 0.869. The number of piperazine rings is 1. The van der Waals surface area contributed by atoms with Gasteiger partial charge < -0.3 is 15.1 Å². The first-order valence-electron chi connectivity index (χ1n) is 9.79. The fraction of sp³-hybridized carbons (Fsp3) is 0.353. The molecule has 1 fully saturated rings. The number of thiophene rings is 1. The van der Waals surface area contributed by atoms with Crippen molar-refractivity contribution in [2.45, 2.75) is 6.92 Å². The van der Waals surface area contributed by atoms with E-state index in [1.165, 1.54) is 11.3 Å². The largest absolute Gasteiger partial charge is 0.355 e. The molecule has 2 aromatic rings. The van der Waals surface area contributed by atoms with Crippen LogP contribution < -0.4 is 15.2 Å². The normalized spacial score (nSPS) is 21.3. The average Bonchev–Trinajstić information content (AvgIpc) is 2.82. The van der Waals surface area contributed by atoms with Gasteiger partial charge in [0.15, 0.2) is 0 Å². The van der Waals surface area contributed by atoms with Crippen LogP contribution in [-0.4, -0.2) is 43.0 Å². The number of likely N-dealkylation sites (N-methyl/N-ethyl adjacent to an activating group) is 1. The van der Waals surface area contributed by atoms with Crippen molar-refractivity contribution in [2.75, 3.05) is 38.5 Å². The number of rotatable bonds is 1. The van der Waals surface area contributed by atoms with E-state index in [-0.39, 0.29) is 35.5 Å². The van der Waals surface area contributed by atoms with Crippen molar-refractivity contribution in [3.05, 3.63) is 45.0 Å². The maximum Gasteiger partial charge on any atom is 0.127 e. The van der Waals surface area contributed by atoms with Gasteiger partial charge in [0.2, 0.25) is 0 Å². The molecule has 22 heavy (non-hydrogen) atoms. The minimum absolute atomic E-state index is 0.139. The fourth-order valence-corrected chi connectivity index (χ4v) is 3.55. The molecule has 0 bridgehead atoms. The van der Waals surface area contributed by atoms with Gasteiger partial charge in [-0.05, 0) is 32.1 Å². The van der Waals surface area contributed by atoms with E-state index in [9.17, 15) is 0 Å². The van der Waals surface area contributed by atoms with Crippen LogP contribution >= 0.6 is 11.3 Å². The van der Waals surface area contributed by atoms with Gasteiger partial charge in [-0.15, -0.1) is 11.3 Å². The molecule has 114 valence electrons. The van der Waals surface area contributed by atoms with E-state index >= 15 is 0 Å². The van der Waals surface area contributed by atoms with Gasteiger partial charge in [0.05, 0.1) is 23.4 Å². The smallest absolute Gasteiger partial charge is 0.127 e. The number of anilines is 1. The lowest BCUT2D eigenvalue weighted by atomic mass is 10.2. The summed E-state index contributed by atoms with van der Waals surface area (Å²) >= 11 is 1.38. The molecule has 4 nitrogen and oxygen atoms in total. The zero-order valence-electron chi connectivity index (χ0n) is 17.6. The van der Waals surface area contributed by atoms with Crippen LogP contribution in [0.3, 0.4) is 0 Å². The molecular weight excluding hydrogens is 292 g/mol. The van der Waals surface area contributed by atoms with Gasteiger partial charge in [0, 0.05) is 31.1 Å². The summed E-state index contributed by atoms with van der Waals surface area (Å²) in [6, 6.07) is -0.496. The summed E-state index contributed by atoms with van der Waals surface area (Å²) in [6.07, 6.45) is 0. The van der Waals surface area contributed by atoms with Crippen molar-refractivity contribution in [3.63, 3.8) is 0 Å². The predicted octanol–water partition coefficient (Wildman–Crippen LogP) is 1.75. The van der Waals surface area contributed by atoms with Crippen molar-refractivity contribution in [1.29, 1.82) is 0 Å². The van der Waals surface area contributed by atoms with Crippen LogP contribution in [0.1, 0.15) is 11.7 Å². The van der Waals surface area contributed by atoms with E-state index in [0.29, 0.717) is 21.8 Å². The molecule has 3 heterocycles. The molecule has 1 saturated heterocycles. The maximum atomic E-state index is 8.52. The van der Waals surface area contributed by atoms with Gasteiger partial charge in [-0.3, -0.25) is 0 Å². The molecule has 0 amide bonds. The van der Waals surface area contributed by atoms with Crippen LogP contribution in [0.5, 0.6) is 0 Å². The standard InChI is InChI=1S/C17H20N4S/c1-12-11-13-16(21-9-7-20(2)8-10-21)18-14-5-3-4-6-15(14)19-17(13)22-12/h3-6,11,18H,7-10H2,1-2H3/i3D,4D,5D,6D,11D. The summed E-state index contributed by atoms with van der Waals surface area (Å²) in [6.45, 7) is 5.18. The molecule has 1 aromatic carbocycles. The number of aryl methyl sites for hydroxylation is 1. The highest BCUT2D eigenvalue weighted by atomic mass is 32.1. The summed E-state index contributed by atoms with van der Waals surface area (Å²) in [5.74, 6) is 0.708. The van der Waals surface area contributed by atoms with Crippen molar-refractivity contribution in [3.8, 4) is 0 Å². The number of nitrogens with zero attached hydrogens (tertiary/aromatic N) is 3. The van der Waals surface area contributed by atoms with Crippen molar-refractivity contribution in [2.24, 2.45) is 4.99 Å². The van der Waals surface area contributed by atoms with Crippen molar-refractivity contribution in [1.82, 2.24) is 9.80 Å². The molecule has 0 atom stereocenters. The topological polar surface area (TPSA) is 30.9 Å². The third-order valence-corrected chi connectivity index (χ3v) is 4.84. The zero-order valence-corrected chi connectivity index (χ0v) is 13.4. The second kappa shape index (κ2) is 5.41. The Kier molecular flexibility index (Phi) is 2.29. The third-order valence-electron chi connectivity index (χ3n) is 3.95. The summed E-state index contributed by atoms with van der Waals surface area (Å²) in [4.78, 5) is 9.79. The Hall–Kier alpha value is -1.85. The van der Waals surface area contributed by atoms with E-state index in [2.05, 4.69) is 27.2 Å². The van der Waals surface area contributed by atoms with Gasteiger partial charge in [0.1, 0.15) is 10.5 Å². The molecule has 1 aromatic heterocycles. The molecule has 0 unspecified atom stereocenters. The highest BCUT2D eigenvalue weighted by Crippen LogP contribution is 2.27. The number of fused-ring (bicyclic) bond motifs is 2.